The monoisotopic (exact) mass is 495 g/mol. The van der Waals surface area contributed by atoms with Gasteiger partial charge in [0.15, 0.2) is 11.5 Å². The van der Waals surface area contributed by atoms with Crippen LogP contribution in [0.4, 0.5) is 13.6 Å². The minimum Gasteiger partial charge on any atom is -0.493 e. The summed E-state index contributed by atoms with van der Waals surface area (Å²) in [5.41, 5.74) is 0.876. The van der Waals surface area contributed by atoms with Crippen LogP contribution in [-0.2, 0) is 4.79 Å². The minimum atomic E-state index is -3.01. The second kappa shape index (κ2) is 11.1. The summed E-state index contributed by atoms with van der Waals surface area (Å²) in [7, 11) is 1.30. The van der Waals surface area contributed by atoms with Crippen molar-refractivity contribution in [2.24, 2.45) is 0 Å². The number of hydrogen-bond acceptors (Lipinski definition) is 8. The van der Waals surface area contributed by atoms with Crippen LogP contribution in [-0.4, -0.2) is 60.0 Å². The molecule has 1 aromatic heterocycles. The van der Waals surface area contributed by atoms with Gasteiger partial charge >= 0.3 is 6.61 Å². The fourth-order valence-corrected chi connectivity index (χ4v) is 4.33. The molecular formula is C21H19F2N3O5S2. The number of pyridine rings is 1. The van der Waals surface area contributed by atoms with Gasteiger partial charge in [-0.3, -0.25) is 19.3 Å². The fraction of sp³-hybridized carbons (Fsp3) is 0.238. The quantitative estimate of drug-likeness (QED) is 0.414. The lowest BCUT2D eigenvalue weighted by atomic mass is 10.2. The number of halogens is 2. The molecule has 0 unspecified atom stereocenters. The van der Waals surface area contributed by atoms with Crippen molar-refractivity contribution in [2.45, 2.75) is 11.6 Å². The van der Waals surface area contributed by atoms with Gasteiger partial charge in [-0.15, -0.1) is 11.8 Å². The first-order chi connectivity index (χ1) is 15.8. The van der Waals surface area contributed by atoms with Crippen molar-refractivity contribution in [3.63, 3.8) is 0 Å². The molecule has 2 heterocycles. The van der Waals surface area contributed by atoms with Gasteiger partial charge in [0.1, 0.15) is 5.03 Å². The molecule has 0 spiro atoms. The van der Waals surface area contributed by atoms with Gasteiger partial charge < -0.3 is 14.8 Å². The number of hydrogen-bond donors (Lipinski definition) is 1. The van der Waals surface area contributed by atoms with Crippen molar-refractivity contribution in [3.05, 3.63) is 52.6 Å². The molecule has 1 aliphatic heterocycles. The molecule has 1 aromatic carbocycles. The van der Waals surface area contributed by atoms with E-state index < -0.39 is 17.8 Å². The number of amides is 3. The average molecular weight is 496 g/mol. The Kier molecular flexibility index (Phi) is 8.28. The summed E-state index contributed by atoms with van der Waals surface area (Å²) >= 11 is 2.08. The summed E-state index contributed by atoms with van der Waals surface area (Å²) in [6, 6.07) is 7.46. The van der Waals surface area contributed by atoms with Gasteiger partial charge in [-0.05, 0) is 53.9 Å². The number of nitrogens with one attached hydrogen (secondary N) is 1. The van der Waals surface area contributed by atoms with Crippen molar-refractivity contribution in [3.8, 4) is 11.5 Å². The normalized spacial score (nSPS) is 14.8. The van der Waals surface area contributed by atoms with Crippen molar-refractivity contribution in [2.75, 3.05) is 26.5 Å². The van der Waals surface area contributed by atoms with E-state index in [9.17, 15) is 23.2 Å². The summed E-state index contributed by atoms with van der Waals surface area (Å²) in [4.78, 5) is 42.7. The number of carbonyl (C=O) groups excluding carboxylic acids is 3. The summed E-state index contributed by atoms with van der Waals surface area (Å²) in [6.07, 6.45) is 4.85. The third-order valence-corrected chi connectivity index (χ3v) is 6.02. The molecule has 0 radical (unpaired) electrons. The van der Waals surface area contributed by atoms with Crippen LogP contribution in [0, 0.1) is 0 Å². The van der Waals surface area contributed by atoms with Crippen LogP contribution in [0.25, 0.3) is 6.08 Å². The molecule has 0 atom stereocenters. The number of methoxy groups -OCH3 is 1. The van der Waals surface area contributed by atoms with Crippen molar-refractivity contribution in [1.82, 2.24) is 15.2 Å². The Morgan fingerprint density at radius 2 is 2.09 bits per heavy atom. The van der Waals surface area contributed by atoms with Crippen LogP contribution in [0.15, 0.2) is 46.5 Å². The molecule has 0 bridgehead atoms. The van der Waals surface area contributed by atoms with E-state index in [0.717, 1.165) is 16.7 Å². The fourth-order valence-electron chi connectivity index (χ4n) is 2.91. The van der Waals surface area contributed by atoms with E-state index in [1.807, 2.05) is 0 Å². The minimum absolute atomic E-state index is 0.00685. The zero-order valence-corrected chi connectivity index (χ0v) is 19.2. The van der Waals surface area contributed by atoms with E-state index in [4.69, 9.17) is 4.74 Å². The molecule has 1 saturated heterocycles. The largest absolute Gasteiger partial charge is 0.493 e. The lowest BCUT2D eigenvalue weighted by Gasteiger charge is -2.13. The number of carbonyl (C=O) groups is 3. The van der Waals surface area contributed by atoms with Crippen LogP contribution in [0.1, 0.15) is 15.9 Å². The Morgan fingerprint density at radius 3 is 2.79 bits per heavy atom. The van der Waals surface area contributed by atoms with Gasteiger partial charge in [-0.2, -0.15) is 8.78 Å². The van der Waals surface area contributed by atoms with Crippen LogP contribution in [0.2, 0.25) is 0 Å². The second-order valence-electron chi connectivity index (χ2n) is 6.44. The molecule has 8 nitrogen and oxygen atoms in total. The predicted octanol–water partition coefficient (Wildman–Crippen LogP) is 3.88. The van der Waals surface area contributed by atoms with Gasteiger partial charge in [0.05, 0.1) is 17.6 Å². The van der Waals surface area contributed by atoms with E-state index in [2.05, 4.69) is 15.0 Å². The number of aromatic nitrogens is 1. The van der Waals surface area contributed by atoms with Crippen LogP contribution in [0.5, 0.6) is 11.5 Å². The highest BCUT2D eigenvalue weighted by Gasteiger charge is 2.34. The van der Waals surface area contributed by atoms with E-state index in [1.54, 1.807) is 24.6 Å². The molecule has 3 rings (SSSR count). The Labute approximate surface area is 196 Å². The third-order valence-electron chi connectivity index (χ3n) is 4.41. The summed E-state index contributed by atoms with van der Waals surface area (Å²) in [5.74, 6) is -0.955. The molecule has 174 valence electrons. The Bertz CT molecular complexity index is 1100. The Balaban J connectivity index is 1.64. The van der Waals surface area contributed by atoms with Crippen LogP contribution >= 0.6 is 23.5 Å². The van der Waals surface area contributed by atoms with Crippen LogP contribution < -0.4 is 14.8 Å². The SMILES string of the molecule is COc1cc(/C=C2\SC(=O)N(CCNC(=O)c3cccnc3SC)C2=O)ccc1OC(F)F. The number of rotatable bonds is 9. The average Bonchev–Trinajstić information content (AvgIpc) is 3.06. The molecule has 1 N–H and O–H groups in total. The molecule has 1 fully saturated rings. The molecule has 12 heteroatoms. The maximum Gasteiger partial charge on any atom is 0.387 e. The molecule has 3 amide bonds. The third kappa shape index (κ3) is 6.02. The number of benzene rings is 1. The predicted molar refractivity (Wildman–Crippen MR) is 121 cm³/mol. The lowest BCUT2D eigenvalue weighted by molar-refractivity contribution is -0.122. The van der Waals surface area contributed by atoms with Crippen molar-refractivity contribution < 1.29 is 32.6 Å². The van der Waals surface area contributed by atoms with E-state index in [-0.39, 0.29) is 35.4 Å². The second-order valence-corrected chi connectivity index (χ2v) is 8.23. The molecular weight excluding hydrogens is 476 g/mol. The standard InChI is InChI=1S/C21H19F2N3O5S2/c1-30-15-10-12(5-6-14(15)31-20(22)23)11-16-19(28)26(21(29)33-16)9-8-24-17(27)13-4-3-7-25-18(13)32-2/h3-7,10-11,20H,8-9H2,1-2H3,(H,24,27)/b16-11-. The molecule has 2 aromatic rings. The first kappa shape index (κ1) is 24.5. The Morgan fingerprint density at radius 1 is 1.30 bits per heavy atom. The van der Waals surface area contributed by atoms with Gasteiger partial charge in [-0.1, -0.05) is 6.07 Å². The number of alkyl halides is 2. The highest BCUT2D eigenvalue weighted by molar-refractivity contribution is 8.18. The van der Waals surface area contributed by atoms with Gasteiger partial charge in [0, 0.05) is 19.3 Å². The van der Waals surface area contributed by atoms with Crippen molar-refractivity contribution >= 4 is 46.7 Å². The zero-order chi connectivity index (χ0) is 24.0. The summed E-state index contributed by atoms with van der Waals surface area (Å²) in [6.45, 7) is -2.94. The first-order valence-corrected chi connectivity index (χ1v) is 11.5. The van der Waals surface area contributed by atoms with Gasteiger partial charge in [-0.25, -0.2) is 4.98 Å². The van der Waals surface area contributed by atoms with Crippen molar-refractivity contribution in [1.29, 1.82) is 0 Å². The first-order valence-electron chi connectivity index (χ1n) is 9.49. The smallest absolute Gasteiger partial charge is 0.387 e. The maximum atomic E-state index is 12.7. The molecule has 1 aliphatic rings. The Hall–Kier alpha value is -3.12. The number of imide groups is 1. The topological polar surface area (TPSA) is 97.8 Å². The van der Waals surface area contributed by atoms with E-state index in [1.165, 1.54) is 43.1 Å². The highest BCUT2D eigenvalue weighted by Crippen LogP contribution is 2.34. The lowest BCUT2D eigenvalue weighted by Crippen LogP contribution is -2.37. The number of ether oxygens (including phenoxy) is 2. The summed E-state index contributed by atoms with van der Waals surface area (Å²) < 4.78 is 34.4. The van der Waals surface area contributed by atoms with Gasteiger partial charge in [0.25, 0.3) is 17.1 Å². The van der Waals surface area contributed by atoms with E-state index in [0.29, 0.717) is 16.2 Å². The summed E-state index contributed by atoms with van der Waals surface area (Å²) in [5, 5.41) is 2.78. The molecule has 0 saturated carbocycles. The van der Waals surface area contributed by atoms with E-state index >= 15 is 0 Å². The maximum absolute atomic E-state index is 12.7. The molecule has 33 heavy (non-hydrogen) atoms. The highest BCUT2D eigenvalue weighted by atomic mass is 32.2. The zero-order valence-electron chi connectivity index (χ0n) is 17.5. The molecule has 0 aliphatic carbocycles. The number of nitrogens with zero attached hydrogens (tertiary/aromatic N) is 2. The van der Waals surface area contributed by atoms with Crippen LogP contribution in [0.3, 0.4) is 0 Å². The number of thioether (sulfide) groups is 2. The van der Waals surface area contributed by atoms with Gasteiger partial charge in [0.2, 0.25) is 0 Å².